The molecular weight excluding hydrogens is 335 g/mol. The summed E-state index contributed by atoms with van der Waals surface area (Å²) < 4.78 is 9.86. The maximum Gasteiger partial charge on any atom is 0.330 e. The van der Waals surface area contributed by atoms with Crippen molar-refractivity contribution in [3.05, 3.63) is 12.7 Å². The van der Waals surface area contributed by atoms with Crippen LogP contribution >= 0.6 is 6.72 Å². The molecule has 7 heteroatoms. The van der Waals surface area contributed by atoms with Crippen molar-refractivity contribution in [2.75, 3.05) is 6.61 Å². The van der Waals surface area contributed by atoms with Gasteiger partial charge in [0.05, 0.1) is 12.7 Å². The van der Waals surface area contributed by atoms with Crippen molar-refractivity contribution in [1.82, 2.24) is 0 Å². The standard InChI is InChI=1S/C16H31O5PS/c1-3-16(17)21-15(2)13-11-9-7-5-4-6-8-10-12-14-20-22(18,19)23/h3,15H,1,4-14H2,2H3,(H2,18,19,23). The Morgan fingerprint density at radius 3 is 2.04 bits per heavy atom. The summed E-state index contributed by atoms with van der Waals surface area (Å²) in [6, 6.07) is 0. The zero-order valence-corrected chi connectivity index (χ0v) is 15.8. The summed E-state index contributed by atoms with van der Waals surface area (Å²) in [5.41, 5.74) is 0. The van der Waals surface area contributed by atoms with E-state index in [9.17, 15) is 4.79 Å². The molecule has 0 aromatic carbocycles. The fourth-order valence-corrected chi connectivity index (χ4v) is 2.85. The third-order valence-corrected chi connectivity index (χ3v) is 4.33. The normalized spacial score (nSPS) is 12.8. The Morgan fingerprint density at radius 1 is 1.09 bits per heavy atom. The van der Waals surface area contributed by atoms with Crippen molar-refractivity contribution >= 4 is 24.5 Å². The van der Waals surface area contributed by atoms with E-state index in [-0.39, 0.29) is 12.1 Å². The molecule has 2 N–H and O–H groups in total. The van der Waals surface area contributed by atoms with Crippen molar-refractivity contribution in [3.8, 4) is 0 Å². The lowest BCUT2D eigenvalue weighted by Gasteiger charge is -2.11. The predicted octanol–water partition coefficient (Wildman–Crippen LogP) is 4.23. The fourth-order valence-electron chi connectivity index (χ4n) is 2.26. The van der Waals surface area contributed by atoms with Gasteiger partial charge in [-0.1, -0.05) is 51.5 Å². The van der Waals surface area contributed by atoms with Crippen molar-refractivity contribution in [1.29, 1.82) is 0 Å². The molecule has 0 radical (unpaired) electrons. The first kappa shape index (κ1) is 22.7. The van der Waals surface area contributed by atoms with Crippen LogP contribution in [0.4, 0.5) is 0 Å². The van der Waals surface area contributed by atoms with Crippen LogP contribution in [0.15, 0.2) is 12.7 Å². The maximum atomic E-state index is 11.0. The zero-order valence-electron chi connectivity index (χ0n) is 14.1. The Hall–Kier alpha value is -0.260. The van der Waals surface area contributed by atoms with Crippen LogP contribution in [0.2, 0.25) is 0 Å². The van der Waals surface area contributed by atoms with Gasteiger partial charge in [-0.2, -0.15) is 0 Å². The minimum absolute atomic E-state index is 0.0307. The van der Waals surface area contributed by atoms with Crippen LogP contribution in [0.25, 0.3) is 0 Å². The molecule has 0 bridgehead atoms. The van der Waals surface area contributed by atoms with Gasteiger partial charge in [0.15, 0.2) is 0 Å². The summed E-state index contributed by atoms with van der Waals surface area (Å²) in [7, 11) is 0. The second-order valence-electron chi connectivity index (χ2n) is 5.75. The molecule has 0 rings (SSSR count). The number of ether oxygens (including phenoxy) is 1. The highest BCUT2D eigenvalue weighted by atomic mass is 32.5. The van der Waals surface area contributed by atoms with E-state index in [2.05, 4.69) is 18.4 Å². The molecule has 0 aromatic rings. The summed E-state index contributed by atoms with van der Waals surface area (Å²) >= 11 is 4.37. The molecule has 1 atom stereocenters. The van der Waals surface area contributed by atoms with Crippen molar-refractivity contribution in [2.24, 2.45) is 0 Å². The maximum absolute atomic E-state index is 11.0. The Bertz CT molecular complexity index is 369. The van der Waals surface area contributed by atoms with E-state index < -0.39 is 6.72 Å². The first-order chi connectivity index (χ1) is 10.8. The zero-order chi connectivity index (χ0) is 17.6. The first-order valence-electron chi connectivity index (χ1n) is 8.38. The number of esters is 1. The summed E-state index contributed by atoms with van der Waals surface area (Å²) in [5, 5.41) is 0. The van der Waals surface area contributed by atoms with Gasteiger partial charge in [0.1, 0.15) is 0 Å². The van der Waals surface area contributed by atoms with Gasteiger partial charge in [0.25, 0.3) is 0 Å². The predicted molar refractivity (Wildman–Crippen MR) is 96.6 cm³/mol. The monoisotopic (exact) mass is 366 g/mol. The number of hydrogen-bond donors (Lipinski definition) is 2. The lowest BCUT2D eigenvalue weighted by molar-refractivity contribution is -0.142. The molecule has 0 spiro atoms. The van der Waals surface area contributed by atoms with Crippen LogP contribution in [0, 0.1) is 0 Å². The molecule has 0 aliphatic carbocycles. The Kier molecular flexibility index (Phi) is 14.0. The summed E-state index contributed by atoms with van der Waals surface area (Å²) in [5.74, 6) is -0.346. The number of unbranched alkanes of at least 4 members (excludes halogenated alkanes) is 8. The van der Waals surface area contributed by atoms with Gasteiger partial charge in [-0.15, -0.1) is 0 Å². The van der Waals surface area contributed by atoms with E-state index >= 15 is 0 Å². The molecule has 1 unspecified atom stereocenters. The number of carbonyl (C=O) groups excluding carboxylic acids is 1. The van der Waals surface area contributed by atoms with Crippen LogP contribution in [0.5, 0.6) is 0 Å². The lowest BCUT2D eigenvalue weighted by atomic mass is 10.1. The molecule has 0 heterocycles. The van der Waals surface area contributed by atoms with E-state index in [0.29, 0.717) is 6.61 Å². The van der Waals surface area contributed by atoms with Gasteiger partial charge in [-0.25, -0.2) is 4.79 Å². The van der Waals surface area contributed by atoms with Gasteiger partial charge in [0, 0.05) is 6.08 Å². The van der Waals surface area contributed by atoms with Gasteiger partial charge >= 0.3 is 12.7 Å². The van der Waals surface area contributed by atoms with Crippen LogP contribution in [-0.2, 0) is 25.9 Å². The molecule has 0 aliphatic rings. The summed E-state index contributed by atoms with van der Waals surface area (Å²) in [6.07, 6.45) is 12.2. The smallest absolute Gasteiger partial charge is 0.330 e. The summed E-state index contributed by atoms with van der Waals surface area (Å²) in [6.45, 7) is 2.17. The average Bonchev–Trinajstić information content (AvgIpc) is 2.47. The quantitative estimate of drug-likeness (QED) is 0.195. The molecule has 136 valence electrons. The topological polar surface area (TPSA) is 76.0 Å². The van der Waals surface area contributed by atoms with E-state index in [0.717, 1.165) is 32.1 Å². The third-order valence-electron chi connectivity index (χ3n) is 3.50. The van der Waals surface area contributed by atoms with E-state index in [4.69, 9.17) is 19.0 Å². The highest BCUT2D eigenvalue weighted by Crippen LogP contribution is 2.36. The van der Waals surface area contributed by atoms with Crippen molar-refractivity contribution in [2.45, 2.75) is 77.2 Å². The highest BCUT2D eigenvalue weighted by Gasteiger charge is 2.06. The molecule has 23 heavy (non-hydrogen) atoms. The first-order valence-corrected chi connectivity index (χ1v) is 11.0. The minimum Gasteiger partial charge on any atom is -0.460 e. The van der Waals surface area contributed by atoms with Gasteiger partial charge in [0.2, 0.25) is 0 Å². The Balaban J connectivity index is 3.23. The number of carbonyl (C=O) groups is 1. The largest absolute Gasteiger partial charge is 0.460 e. The molecule has 0 saturated heterocycles. The number of hydrogen-bond acceptors (Lipinski definition) is 4. The molecule has 5 nitrogen and oxygen atoms in total. The second kappa shape index (κ2) is 14.1. The Morgan fingerprint density at radius 2 is 1.57 bits per heavy atom. The summed E-state index contributed by atoms with van der Waals surface area (Å²) in [4.78, 5) is 28.8. The average molecular weight is 366 g/mol. The molecule has 0 aromatic heterocycles. The van der Waals surface area contributed by atoms with Crippen LogP contribution in [-0.4, -0.2) is 28.5 Å². The molecule has 0 aliphatic heterocycles. The van der Waals surface area contributed by atoms with Crippen LogP contribution in [0.1, 0.15) is 71.1 Å². The van der Waals surface area contributed by atoms with Crippen LogP contribution in [0.3, 0.4) is 0 Å². The van der Waals surface area contributed by atoms with Crippen molar-refractivity contribution < 1.29 is 23.8 Å². The second-order valence-corrected chi connectivity index (χ2v) is 8.41. The van der Waals surface area contributed by atoms with Gasteiger partial charge in [-0.3, -0.25) is 0 Å². The molecular formula is C16H31O5PS. The highest BCUT2D eigenvalue weighted by molar-refractivity contribution is 8.06. The molecule has 0 amide bonds. The molecule has 0 saturated carbocycles. The van der Waals surface area contributed by atoms with E-state index in [1.165, 1.54) is 38.2 Å². The van der Waals surface area contributed by atoms with E-state index in [1.807, 2.05) is 6.92 Å². The fraction of sp³-hybridized carbons (Fsp3) is 0.812. The van der Waals surface area contributed by atoms with Crippen molar-refractivity contribution in [3.63, 3.8) is 0 Å². The van der Waals surface area contributed by atoms with Gasteiger partial charge < -0.3 is 19.0 Å². The Labute approximate surface area is 145 Å². The SMILES string of the molecule is C=CC(=O)OC(C)CCCCCCCCCCCOP(O)(O)=S. The number of rotatable bonds is 15. The minimum atomic E-state index is -3.46. The third kappa shape index (κ3) is 17.9. The van der Waals surface area contributed by atoms with Crippen LogP contribution < -0.4 is 0 Å². The lowest BCUT2D eigenvalue weighted by Crippen LogP contribution is -2.12. The molecule has 0 fully saturated rings. The van der Waals surface area contributed by atoms with E-state index in [1.54, 1.807) is 0 Å². The van der Waals surface area contributed by atoms with Gasteiger partial charge in [-0.05, 0) is 38.0 Å².